The van der Waals surface area contributed by atoms with Crippen molar-refractivity contribution in [2.45, 2.75) is 37.6 Å². The molecule has 2 aromatic rings. The highest BCUT2D eigenvalue weighted by molar-refractivity contribution is 8.00. The molecule has 0 radical (unpaired) electrons. The Morgan fingerprint density at radius 3 is 2.54 bits per heavy atom. The van der Waals surface area contributed by atoms with Gasteiger partial charge in [0.25, 0.3) is 5.56 Å². The van der Waals surface area contributed by atoms with Crippen LogP contribution in [0.5, 0.6) is 5.75 Å². The number of thioether (sulfide) groups is 1. The predicted octanol–water partition coefficient (Wildman–Crippen LogP) is 2.73. The molecule has 0 aliphatic rings. The highest BCUT2D eigenvalue weighted by atomic mass is 32.2. The molecule has 1 aromatic heterocycles. The number of esters is 1. The van der Waals surface area contributed by atoms with Crippen LogP contribution >= 0.6 is 11.8 Å². The third kappa shape index (κ3) is 4.66. The lowest BCUT2D eigenvalue weighted by atomic mass is 10.1. The van der Waals surface area contributed by atoms with E-state index in [2.05, 4.69) is 4.98 Å². The molecule has 6 nitrogen and oxygen atoms in total. The Hall–Kier alpha value is -2.28. The lowest BCUT2D eigenvalue weighted by Crippen LogP contribution is -2.27. The first kappa shape index (κ1) is 20.0. The van der Waals surface area contributed by atoms with Gasteiger partial charge in [-0.05, 0) is 38.5 Å². The summed E-state index contributed by atoms with van der Waals surface area (Å²) in [5, 5.41) is 0.0754. The van der Waals surface area contributed by atoms with Gasteiger partial charge in [0.1, 0.15) is 11.0 Å². The van der Waals surface area contributed by atoms with Crippen molar-refractivity contribution in [3.8, 4) is 5.75 Å². The van der Waals surface area contributed by atoms with Crippen molar-refractivity contribution >= 4 is 17.7 Å². The highest BCUT2D eigenvalue weighted by Crippen LogP contribution is 2.22. The SMILES string of the molecule is CCOC(=O)C(C)Sc1nc(C)c(Cc2ccc(OC)cc2)c(=O)n1C. The van der Waals surface area contributed by atoms with E-state index in [-0.39, 0.29) is 11.5 Å². The average Bonchev–Trinajstić information content (AvgIpc) is 2.63. The summed E-state index contributed by atoms with van der Waals surface area (Å²) in [6.45, 7) is 5.66. The number of hydrogen-bond acceptors (Lipinski definition) is 6. The summed E-state index contributed by atoms with van der Waals surface area (Å²) in [7, 11) is 3.29. The molecule has 1 atom stereocenters. The zero-order chi connectivity index (χ0) is 19.3. The summed E-state index contributed by atoms with van der Waals surface area (Å²) < 4.78 is 11.7. The molecule has 0 spiro atoms. The normalized spacial score (nSPS) is 11.9. The number of carbonyl (C=O) groups is 1. The van der Waals surface area contributed by atoms with E-state index in [1.165, 1.54) is 16.3 Å². The number of methoxy groups -OCH3 is 1. The van der Waals surface area contributed by atoms with Crippen molar-refractivity contribution in [3.63, 3.8) is 0 Å². The number of aryl methyl sites for hydroxylation is 1. The standard InChI is InChI=1S/C19H24N2O4S/c1-6-25-18(23)13(3)26-19-20-12(2)16(17(22)21(19)4)11-14-7-9-15(24-5)10-8-14/h7-10,13H,6,11H2,1-5H3. The van der Waals surface area contributed by atoms with Crippen molar-refractivity contribution in [2.24, 2.45) is 7.05 Å². The van der Waals surface area contributed by atoms with Crippen LogP contribution in [0.4, 0.5) is 0 Å². The minimum absolute atomic E-state index is 0.105. The summed E-state index contributed by atoms with van der Waals surface area (Å²) >= 11 is 1.23. The Kier molecular flexibility index (Phi) is 6.85. The van der Waals surface area contributed by atoms with Gasteiger partial charge in [-0.3, -0.25) is 14.2 Å². The first-order valence-corrected chi connectivity index (χ1v) is 9.28. The molecular formula is C19H24N2O4S. The van der Waals surface area contributed by atoms with Crippen LogP contribution in [0.3, 0.4) is 0 Å². The second-order valence-corrected chi connectivity index (χ2v) is 7.17. The third-order valence-corrected chi connectivity index (χ3v) is 5.11. The largest absolute Gasteiger partial charge is 0.497 e. The number of rotatable bonds is 7. The highest BCUT2D eigenvalue weighted by Gasteiger charge is 2.20. The van der Waals surface area contributed by atoms with Crippen LogP contribution in [0.25, 0.3) is 0 Å². The van der Waals surface area contributed by atoms with E-state index in [0.29, 0.717) is 29.4 Å². The van der Waals surface area contributed by atoms with Crippen LogP contribution in [0.2, 0.25) is 0 Å². The van der Waals surface area contributed by atoms with Gasteiger partial charge in [0, 0.05) is 24.7 Å². The molecule has 7 heteroatoms. The molecule has 0 aliphatic carbocycles. The summed E-state index contributed by atoms with van der Waals surface area (Å²) in [6.07, 6.45) is 0.494. The van der Waals surface area contributed by atoms with Gasteiger partial charge in [-0.1, -0.05) is 23.9 Å². The molecular weight excluding hydrogens is 352 g/mol. The van der Waals surface area contributed by atoms with E-state index in [9.17, 15) is 9.59 Å². The van der Waals surface area contributed by atoms with Gasteiger partial charge in [-0.15, -0.1) is 0 Å². The molecule has 0 saturated heterocycles. The van der Waals surface area contributed by atoms with E-state index in [0.717, 1.165) is 11.3 Å². The Balaban J connectivity index is 2.26. The van der Waals surface area contributed by atoms with Crippen molar-refractivity contribution in [1.82, 2.24) is 9.55 Å². The van der Waals surface area contributed by atoms with E-state index < -0.39 is 5.25 Å². The smallest absolute Gasteiger partial charge is 0.319 e. The van der Waals surface area contributed by atoms with Gasteiger partial charge in [-0.25, -0.2) is 4.98 Å². The van der Waals surface area contributed by atoms with Crippen molar-refractivity contribution in [2.75, 3.05) is 13.7 Å². The van der Waals surface area contributed by atoms with Gasteiger partial charge in [0.2, 0.25) is 0 Å². The molecule has 0 bridgehead atoms. The Morgan fingerprint density at radius 1 is 1.31 bits per heavy atom. The first-order valence-electron chi connectivity index (χ1n) is 8.40. The summed E-state index contributed by atoms with van der Waals surface area (Å²) in [4.78, 5) is 29.1. The molecule has 26 heavy (non-hydrogen) atoms. The van der Waals surface area contributed by atoms with Crippen LogP contribution in [-0.4, -0.2) is 34.5 Å². The lowest BCUT2D eigenvalue weighted by Gasteiger charge is -2.15. The molecule has 2 rings (SSSR count). The minimum atomic E-state index is -0.431. The lowest BCUT2D eigenvalue weighted by molar-refractivity contribution is -0.142. The third-order valence-electron chi connectivity index (χ3n) is 3.99. The number of benzene rings is 1. The fraction of sp³-hybridized carbons (Fsp3) is 0.421. The van der Waals surface area contributed by atoms with E-state index in [1.807, 2.05) is 31.2 Å². The molecule has 0 saturated carbocycles. The van der Waals surface area contributed by atoms with Gasteiger partial charge >= 0.3 is 5.97 Å². The summed E-state index contributed by atoms with van der Waals surface area (Å²) in [5.74, 6) is 0.461. The zero-order valence-electron chi connectivity index (χ0n) is 15.7. The van der Waals surface area contributed by atoms with Crippen LogP contribution in [0, 0.1) is 6.92 Å². The summed E-state index contributed by atoms with van der Waals surface area (Å²) in [5.41, 5.74) is 2.22. The summed E-state index contributed by atoms with van der Waals surface area (Å²) in [6, 6.07) is 7.61. The minimum Gasteiger partial charge on any atom is -0.497 e. The maximum absolute atomic E-state index is 12.8. The average molecular weight is 376 g/mol. The number of hydrogen-bond donors (Lipinski definition) is 0. The van der Waals surface area contributed by atoms with E-state index >= 15 is 0 Å². The monoisotopic (exact) mass is 376 g/mol. The van der Waals surface area contributed by atoms with Gasteiger partial charge in [0.15, 0.2) is 5.16 Å². The Bertz CT molecular complexity index is 831. The fourth-order valence-electron chi connectivity index (χ4n) is 2.45. The molecule has 0 aliphatic heterocycles. The predicted molar refractivity (Wildman–Crippen MR) is 102 cm³/mol. The van der Waals surface area contributed by atoms with Crippen LogP contribution in [0.1, 0.15) is 30.7 Å². The van der Waals surface area contributed by atoms with Crippen molar-refractivity contribution in [3.05, 3.63) is 51.4 Å². The number of aromatic nitrogens is 2. The molecule has 140 valence electrons. The second kappa shape index (κ2) is 8.89. The number of carbonyl (C=O) groups excluding carboxylic acids is 1. The van der Waals surface area contributed by atoms with Crippen LogP contribution < -0.4 is 10.3 Å². The molecule has 1 heterocycles. The van der Waals surface area contributed by atoms with Crippen molar-refractivity contribution < 1.29 is 14.3 Å². The Morgan fingerprint density at radius 2 is 1.96 bits per heavy atom. The maximum Gasteiger partial charge on any atom is 0.319 e. The molecule has 0 fully saturated rings. The first-order chi connectivity index (χ1) is 12.4. The topological polar surface area (TPSA) is 70.4 Å². The quantitative estimate of drug-likeness (QED) is 0.420. The van der Waals surface area contributed by atoms with Crippen molar-refractivity contribution in [1.29, 1.82) is 0 Å². The van der Waals surface area contributed by atoms with Gasteiger partial charge in [-0.2, -0.15) is 0 Å². The van der Waals surface area contributed by atoms with Crippen LogP contribution in [0.15, 0.2) is 34.2 Å². The Labute approximate surface area is 157 Å². The molecule has 0 N–H and O–H groups in total. The fourth-order valence-corrected chi connectivity index (χ4v) is 3.36. The molecule has 1 aromatic carbocycles. The van der Waals surface area contributed by atoms with Crippen LogP contribution in [-0.2, 0) is 23.0 Å². The van der Waals surface area contributed by atoms with Gasteiger partial charge in [0.05, 0.1) is 13.7 Å². The second-order valence-electron chi connectivity index (χ2n) is 5.86. The van der Waals surface area contributed by atoms with Gasteiger partial charge < -0.3 is 9.47 Å². The maximum atomic E-state index is 12.8. The molecule has 1 unspecified atom stereocenters. The number of nitrogens with zero attached hydrogens (tertiary/aromatic N) is 2. The van der Waals surface area contributed by atoms with E-state index in [4.69, 9.17) is 9.47 Å². The number of ether oxygens (including phenoxy) is 2. The molecule has 0 amide bonds. The zero-order valence-corrected chi connectivity index (χ0v) is 16.6. The van der Waals surface area contributed by atoms with E-state index in [1.54, 1.807) is 28.0 Å².